The van der Waals surface area contributed by atoms with Gasteiger partial charge in [0.25, 0.3) is 5.91 Å². The lowest BCUT2D eigenvalue weighted by atomic mass is 10.1. The molecule has 1 saturated heterocycles. The third-order valence-electron chi connectivity index (χ3n) is 2.45. The van der Waals surface area contributed by atoms with Crippen LogP contribution in [0.25, 0.3) is 0 Å². The molecule has 0 bridgehead atoms. The van der Waals surface area contributed by atoms with E-state index in [9.17, 15) is 9.18 Å². The van der Waals surface area contributed by atoms with Crippen LogP contribution in [0.3, 0.4) is 0 Å². The average Bonchev–Trinajstić information content (AvgIpc) is 2.65. The van der Waals surface area contributed by atoms with Crippen molar-refractivity contribution < 1.29 is 9.18 Å². The molecule has 4 heteroatoms. The number of thiophene rings is 1. The van der Waals surface area contributed by atoms with Crippen LogP contribution in [0.5, 0.6) is 0 Å². The maximum atomic E-state index is 13.1. The lowest BCUT2D eigenvalue weighted by Crippen LogP contribution is -2.35. The van der Waals surface area contributed by atoms with Crippen LogP contribution < -0.4 is 0 Å². The first-order valence-electron chi connectivity index (χ1n) is 4.81. The van der Waals surface area contributed by atoms with Gasteiger partial charge in [-0.05, 0) is 30.7 Å². The summed E-state index contributed by atoms with van der Waals surface area (Å²) in [5, 5.41) is 1.62. The van der Waals surface area contributed by atoms with Crippen molar-refractivity contribution in [1.82, 2.24) is 4.90 Å². The highest BCUT2D eigenvalue weighted by Crippen LogP contribution is 2.19. The minimum Gasteiger partial charge on any atom is -0.338 e. The molecule has 0 unspecified atom stereocenters. The summed E-state index contributed by atoms with van der Waals surface area (Å²) in [6.07, 6.45) is 3.26. The monoisotopic (exact) mass is 213 g/mol. The Morgan fingerprint density at radius 3 is 2.64 bits per heavy atom. The highest BCUT2D eigenvalue weighted by Gasteiger charge is 2.21. The first kappa shape index (κ1) is 9.65. The van der Waals surface area contributed by atoms with Gasteiger partial charge in [-0.1, -0.05) is 0 Å². The number of amides is 1. The van der Waals surface area contributed by atoms with E-state index in [1.807, 2.05) is 0 Å². The van der Waals surface area contributed by atoms with Gasteiger partial charge in [0.2, 0.25) is 0 Å². The van der Waals surface area contributed by atoms with Gasteiger partial charge in [-0.3, -0.25) is 4.79 Å². The smallest absolute Gasteiger partial charge is 0.266 e. The summed E-state index contributed by atoms with van der Waals surface area (Å²) in [6, 6.07) is 1.35. The molecule has 2 heterocycles. The zero-order valence-electron chi connectivity index (χ0n) is 7.83. The highest BCUT2D eigenvalue weighted by atomic mass is 32.1. The van der Waals surface area contributed by atoms with E-state index in [2.05, 4.69) is 0 Å². The lowest BCUT2D eigenvalue weighted by Gasteiger charge is -2.26. The maximum Gasteiger partial charge on any atom is 0.266 e. The Morgan fingerprint density at radius 2 is 2.07 bits per heavy atom. The van der Waals surface area contributed by atoms with E-state index in [0.717, 1.165) is 25.9 Å². The first-order valence-corrected chi connectivity index (χ1v) is 5.69. The highest BCUT2D eigenvalue weighted by molar-refractivity contribution is 7.12. The molecular formula is C10H12FNOS. The van der Waals surface area contributed by atoms with Crippen molar-refractivity contribution in [1.29, 1.82) is 0 Å². The fraction of sp³-hybridized carbons (Fsp3) is 0.500. The molecule has 1 amide bonds. The summed E-state index contributed by atoms with van der Waals surface area (Å²) >= 11 is 1.19. The minimum absolute atomic E-state index is 0.141. The molecule has 0 N–H and O–H groups in total. The van der Waals surface area contributed by atoms with Crippen molar-refractivity contribution in [3.63, 3.8) is 0 Å². The molecule has 0 atom stereocenters. The molecule has 14 heavy (non-hydrogen) atoms. The van der Waals surface area contributed by atoms with Crippen LogP contribution in [-0.2, 0) is 0 Å². The van der Waals surface area contributed by atoms with Crippen molar-refractivity contribution in [3.05, 3.63) is 22.1 Å². The molecule has 1 fully saturated rings. The van der Waals surface area contributed by atoms with Crippen LogP contribution in [0.15, 0.2) is 11.4 Å². The van der Waals surface area contributed by atoms with Gasteiger partial charge in [-0.15, -0.1) is 11.3 Å². The van der Waals surface area contributed by atoms with Crippen molar-refractivity contribution in [2.24, 2.45) is 0 Å². The van der Waals surface area contributed by atoms with Gasteiger partial charge < -0.3 is 4.90 Å². The standard InChI is InChI=1S/C10H12FNOS/c11-8-4-7-14-9(8)10(13)12-5-2-1-3-6-12/h4,7H,1-3,5-6H2. The first-order chi connectivity index (χ1) is 6.79. The third-order valence-corrected chi connectivity index (χ3v) is 3.33. The van der Waals surface area contributed by atoms with Crippen molar-refractivity contribution in [3.8, 4) is 0 Å². The van der Waals surface area contributed by atoms with Gasteiger partial charge in [0.05, 0.1) is 0 Å². The second-order valence-corrected chi connectivity index (χ2v) is 4.37. The summed E-state index contributed by atoms with van der Waals surface area (Å²) < 4.78 is 13.1. The summed E-state index contributed by atoms with van der Waals surface area (Å²) in [5.41, 5.74) is 0. The molecule has 0 aromatic carbocycles. The molecule has 1 aliphatic rings. The molecule has 1 aromatic heterocycles. The zero-order chi connectivity index (χ0) is 9.97. The van der Waals surface area contributed by atoms with E-state index in [-0.39, 0.29) is 16.6 Å². The summed E-state index contributed by atoms with van der Waals surface area (Å²) in [5.74, 6) is -0.525. The number of hydrogen-bond acceptors (Lipinski definition) is 2. The Labute approximate surface area is 86.3 Å². The number of carbonyl (C=O) groups is 1. The van der Waals surface area contributed by atoms with Crippen LogP contribution in [-0.4, -0.2) is 23.9 Å². The molecule has 0 spiro atoms. The Balaban J connectivity index is 2.11. The average molecular weight is 213 g/mol. The number of halogens is 1. The van der Waals surface area contributed by atoms with E-state index in [4.69, 9.17) is 0 Å². The molecule has 0 saturated carbocycles. The molecular weight excluding hydrogens is 201 g/mol. The Bertz CT molecular complexity index is 331. The van der Waals surface area contributed by atoms with Crippen LogP contribution in [0, 0.1) is 5.82 Å². The summed E-state index contributed by atoms with van der Waals surface area (Å²) in [4.78, 5) is 13.8. The number of likely N-dealkylation sites (tertiary alicyclic amines) is 1. The Kier molecular flexibility index (Phi) is 2.82. The quantitative estimate of drug-likeness (QED) is 0.702. The zero-order valence-corrected chi connectivity index (χ0v) is 8.65. The third kappa shape index (κ3) is 1.80. The lowest BCUT2D eigenvalue weighted by molar-refractivity contribution is 0.0725. The van der Waals surface area contributed by atoms with Crippen molar-refractivity contribution in [2.75, 3.05) is 13.1 Å². The van der Waals surface area contributed by atoms with Gasteiger partial charge >= 0.3 is 0 Å². The molecule has 1 aliphatic heterocycles. The van der Waals surface area contributed by atoms with Crippen LogP contribution in [0.2, 0.25) is 0 Å². The van der Waals surface area contributed by atoms with Crippen molar-refractivity contribution in [2.45, 2.75) is 19.3 Å². The van der Waals surface area contributed by atoms with Gasteiger partial charge in [0.15, 0.2) is 0 Å². The minimum atomic E-state index is -0.384. The van der Waals surface area contributed by atoms with Crippen molar-refractivity contribution >= 4 is 17.2 Å². The number of hydrogen-bond donors (Lipinski definition) is 0. The largest absolute Gasteiger partial charge is 0.338 e. The number of piperidine rings is 1. The Hall–Kier alpha value is -0.900. The molecule has 0 aliphatic carbocycles. The Morgan fingerprint density at radius 1 is 1.36 bits per heavy atom. The molecule has 1 aromatic rings. The summed E-state index contributed by atoms with van der Waals surface area (Å²) in [6.45, 7) is 1.55. The van der Waals surface area contributed by atoms with Gasteiger partial charge in [0, 0.05) is 13.1 Å². The van der Waals surface area contributed by atoms with Gasteiger partial charge in [0.1, 0.15) is 10.7 Å². The predicted octanol–water partition coefficient (Wildman–Crippen LogP) is 2.51. The van der Waals surface area contributed by atoms with Gasteiger partial charge in [-0.2, -0.15) is 0 Å². The van der Waals surface area contributed by atoms with E-state index >= 15 is 0 Å². The molecule has 2 nitrogen and oxygen atoms in total. The van der Waals surface area contributed by atoms with E-state index < -0.39 is 0 Å². The fourth-order valence-corrected chi connectivity index (χ4v) is 2.42. The van der Waals surface area contributed by atoms with Gasteiger partial charge in [-0.25, -0.2) is 4.39 Å². The van der Waals surface area contributed by atoms with E-state index in [0.29, 0.717) is 0 Å². The fourth-order valence-electron chi connectivity index (χ4n) is 1.69. The molecule has 0 radical (unpaired) electrons. The molecule has 2 rings (SSSR count). The maximum absolute atomic E-state index is 13.1. The second-order valence-electron chi connectivity index (χ2n) is 3.45. The second kappa shape index (κ2) is 4.09. The van der Waals surface area contributed by atoms with Crippen LogP contribution >= 0.6 is 11.3 Å². The number of rotatable bonds is 1. The van der Waals surface area contributed by atoms with E-state index in [1.54, 1.807) is 10.3 Å². The number of carbonyl (C=O) groups excluding carboxylic acids is 1. The number of nitrogens with zero attached hydrogens (tertiary/aromatic N) is 1. The normalized spacial score (nSPS) is 17.1. The van der Waals surface area contributed by atoms with Crippen LogP contribution in [0.1, 0.15) is 28.9 Å². The predicted molar refractivity (Wildman–Crippen MR) is 54.0 cm³/mol. The topological polar surface area (TPSA) is 20.3 Å². The van der Waals surface area contributed by atoms with E-state index in [1.165, 1.54) is 23.8 Å². The summed E-state index contributed by atoms with van der Waals surface area (Å²) in [7, 11) is 0. The SMILES string of the molecule is O=C(c1sccc1F)N1CCCCC1. The molecule has 76 valence electrons. The van der Waals surface area contributed by atoms with Crippen LogP contribution in [0.4, 0.5) is 4.39 Å².